The van der Waals surface area contributed by atoms with E-state index in [1.807, 2.05) is 43.3 Å². The zero-order valence-electron chi connectivity index (χ0n) is 14.0. The van der Waals surface area contributed by atoms with Gasteiger partial charge in [-0.3, -0.25) is 19.3 Å². The Bertz CT molecular complexity index is 831. The van der Waals surface area contributed by atoms with Crippen LogP contribution in [0.2, 0.25) is 0 Å². The average molecular weight is 333 g/mol. The average Bonchev–Trinajstić information content (AvgIpc) is 2.88. The minimum Gasteiger partial charge on any atom is -0.299 e. The first kappa shape index (κ1) is 15.8. The maximum Gasteiger partial charge on any atom is 0.238 e. The number of imide groups is 1. The number of anilines is 1. The smallest absolute Gasteiger partial charge is 0.238 e. The number of benzene rings is 2. The van der Waals surface area contributed by atoms with Gasteiger partial charge < -0.3 is 0 Å². The normalized spacial score (nSPS) is 29.0. The van der Waals surface area contributed by atoms with Crippen molar-refractivity contribution in [3.63, 3.8) is 0 Å². The van der Waals surface area contributed by atoms with Gasteiger partial charge in [0.1, 0.15) is 5.78 Å². The number of hydrogen-bond donors (Lipinski definition) is 0. The number of amides is 2. The Morgan fingerprint density at radius 1 is 0.800 bits per heavy atom. The minimum atomic E-state index is -0.554. The van der Waals surface area contributed by atoms with Gasteiger partial charge in [-0.25, -0.2) is 0 Å². The molecule has 0 radical (unpaired) electrons. The molecule has 1 heterocycles. The van der Waals surface area contributed by atoms with Crippen molar-refractivity contribution in [2.45, 2.75) is 19.3 Å². The number of nitrogens with zero attached hydrogens (tertiary/aromatic N) is 1. The largest absolute Gasteiger partial charge is 0.299 e. The second-order valence-electron chi connectivity index (χ2n) is 6.88. The van der Waals surface area contributed by atoms with Crippen LogP contribution in [-0.4, -0.2) is 17.6 Å². The monoisotopic (exact) mass is 333 g/mol. The van der Waals surface area contributed by atoms with Gasteiger partial charge in [-0.05, 0) is 17.7 Å². The molecule has 4 unspecified atom stereocenters. The highest BCUT2D eigenvalue weighted by Gasteiger charge is 2.57. The van der Waals surface area contributed by atoms with Gasteiger partial charge in [0.05, 0.1) is 17.5 Å². The third kappa shape index (κ3) is 2.40. The Morgan fingerprint density at radius 2 is 1.40 bits per heavy atom. The van der Waals surface area contributed by atoms with Gasteiger partial charge >= 0.3 is 0 Å². The number of para-hydroxylation sites is 1. The Kier molecular flexibility index (Phi) is 3.75. The molecule has 0 aromatic heterocycles. The van der Waals surface area contributed by atoms with Crippen LogP contribution in [0.15, 0.2) is 60.7 Å². The number of carbonyl (C=O) groups excluding carboxylic acids is 3. The molecule has 25 heavy (non-hydrogen) atoms. The molecule has 126 valence electrons. The molecule has 2 aromatic rings. The van der Waals surface area contributed by atoms with Crippen molar-refractivity contribution in [2.24, 2.45) is 17.8 Å². The van der Waals surface area contributed by atoms with Gasteiger partial charge in [-0.1, -0.05) is 55.5 Å². The molecule has 4 atom stereocenters. The van der Waals surface area contributed by atoms with Crippen LogP contribution in [0.1, 0.15) is 24.8 Å². The van der Waals surface area contributed by atoms with Crippen molar-refractivity contribution in [3.8, 4) is 0 Å². The van der Waals surface area contributed by atoms with Gasteiger partial charge in [-0.2, -0.15) is 0 Å². The van der Waals surface area contributed by atoms with Crippen molar-refractivity contribution in [1.82, 2.24) is 0 Å². The SMILES string of the molecule is CC1C(=O)CC2C(=O)N(c3ccccc3)C(=O)C2C1c1ccccc1. The lowest BCUT2D eigenvalue weighted by atomic mass is 9.65. The fraction of sp³-hybridized carbons (Fsp3) is 0.286. The quantitative estimate of drug-likeness (QED) is 0.793. The molecule has 0 bridgehead atoms. The zero-order valence-corrected chi connectivity index (χ0v) is 14.0. The topological polar surface area (TPSA) is 54.5 Å². The molecule has 1 aliphatic heterocycles. The van der Waals surface area contributed by atoms with E-state index in [1.165, 1.54) is 4.90 Å². The molecule has 2 amide bonds. The van der Waals surface area contributed by atoms with Gasteiger partial charge in [0.2, 0.25) is 11.8 Å². The van der Waals surface area contributed by atoms with Crippen molar-refractivity contribution < 1.29 is 14.4 Å². The van der Waals surface area contributed by atoms with Crippen LogP contribution in [0.25, 0.3) is 0 Å². The third-order valence-corrected chi connectivity index (χ3v) is 5.53. The number of hydrogen-bond acceptors (Lipinski definition) is 3. The molecule has 4 rings (SSSR count). The highest BCUT2D eigenvalue weighted by atomic mass is 16.2. The van der Waals surface area contributed by atoms with Crippen molar-refractivity contribution in [2.75, 3.05) is 4.90 Å². The molecule has 4 nitrogen and oxygen atoms in total. The molecular formula is C21H19NO3. The van der Waals surface area contributed by atoms with E-state index in [0.29, 0.717) is 5.69 Å². The molecular weight excluding hydrogens is 314 g/mol. The summed E-state index contributed by atoms with van der Waals surface area (Å²) in [6.07, 6.45) is 0.156. The molecule has 4 heteroatoms. The van der Waals surface area contributed by atoms with Crippen LogP contribution in [0, 0.1) is 17.8 Å². The van der Waals surface area contributed by atoms with Crippen molar-refractivity contribution in [3.05, 3.63) is 66.2 Å². The lowest BCUT2D eigenvalue weighted by Crippen LogP contribution is -2.39. The fourth-order valence-corrected chi connectivity index (χ4v) is 4.28. The minimum absolute atomic E-state index is 0.0613. The maximum absolute atomic E-state index is 13.2. The molecule has 0 spiro atoms. The second-order valence-corrected chi connectivity index (χ2v) is 6.88. The van der Waals surface area contributed by atoms with Crippen molar-refractivity contribution in [1.29, 1.82) is 0 Å². The first-order chi connectivity index (χ1) is 12.1. The van der Waals surface area contributed by atoms with E-state index in [1.54, 1.807) is 24.3 Å². The molecule has 0 N–H and O–H groups in total. The van der Waals surface area contributed by atoms with Crippen LogP contribution in [0.5, 0.6) is 0 Å². The third-order valence-electron chi connectivity index (χ3n) is 5.53. The van der Waals surface area contributed by atoms with Gasteiger partial charge in [0, 0.05) is 18.3 Å². The summed E-state index contributed by atoms with van der Waals surface area (Å²) in [5, 5.41) is 0. The summed E-state index contributed by atoms with van der Waals surface area (Å²) in [6, 6.07) is 18.6. The molecule has 2 aliphatic rings. The standard InChI is InChI=1S/C21H19NO3/c1-13-17(23)12-16-19(18(13)14-8-4-2-5-9-14)21(25)22(20(16)24)15-10-6-3-7-11-15/h2-11,13,16,18-19H,12H2,1H3. The number of fused-ring (bicyclic) bond motifs is 1. The van der Waals surface area contributed by atoms with E-state index in [9.17, 15) is 14.4 Å². The van der Waals surface area contributed by atoms with Crippen molar-refractivity contribution >= 4 is 23.3 Å². The predicted molar refractivity (Wildman–Crippen MR) is 93.9 cm³/mol. The zero-order chi connectivity index (χ0) is 17.6. The fourth-order valence-electron chi connectivity index (χ4n) is 4.28. The van der Waals surface area contributed by atoms with E-state index < -0.39 is 11.8 Å². The van der Waals surface area contributed by atoms with E-state index in [0.717, 1.165) is 5.56 Å². The number of rotatable bonds is 2. The van der Waals surface area contributed by atoms with Crippen LogP contribution < -0.4 is 4.90 Å². The van der Waals surface area contributed by atoms with Gasteiger partial charge in [0.15, 0.2) is 0 Å². The summed E-state index contributed by atoms with van der Waals surface area (Å²) in [5.74, 6) is -1.92. The maximum atomic E-state index is 13.2. The van der Waals surface area contributed by atoms with E-state index in [2.05, 4.69) is 0 Å². The summed E-state index contributed by atoms with van der Waals surface area (Å²) in [5.41, 5.74) is 1.54. The highest BCUT2D eigenvalue weighted by Crippen LogP contribution is 2.48. The second kappa shape index (κ2) is 5.96. The first-order valence-electron chi connectivity index (χ1n) is 8.60. The summed E-state index contributed by atoms with van der Waals surface area (Å²) >= 11 is 0. The van der Waals surface area contributed by atoms with Crippen LogP contribution in [-0.2, 0) is 14.4 Å². The molecule has 2 fully saturated rings. The molecule has 1 saturated carbocycles. The highest BCUT2D eigenvalue weighted by molar-refractivity contribution is 6.23. The summed E-state index contributed by atoms with van der Waals surface area (Å²) in [6.45, 7) is 1.87. The Balaban J connectivity index is 1.79. The van der Waals surface area contributed by atoms with Crippen LogP contribution >= 0.6 is 0 Å². The Labute approximate surface area is 146 Å². The summed E-state index contributed by atoms with van der Waals surface area (Å²) < 4.78 is 0. The van der Waals surface area contributed by atoms with Crippen LogP contribution in [0.4, 0.5) is 5.69 Å². The van der Waals surface area contributed by atoms with Gasteiger partial charge in [-0.15, -0.1) is 0 Å². The van der Waals surface area contributed by atoms with E-state index in [4.69, 9.17) is 0 Å². The lowest BCUT2D eigenvalue weighted by molar-refractivity contribution is -0.134. The lowest BCUT2D eigenvalue weighted by Gasteiger charge is -2.35. The number of ketones is 1. The van der Waals surface area contributed by atoms with Crippen LogP contribution in [0.3, 0.4) is 0 Å². The Hall–Kier alpha value is -2.75. The molecule has 1 saturated heterocycles. The number of carbonyl (C=O) groups is 3. The number of Topliss-reactive ketones (excluding diaryl/α,β-unsaturated/α-hetero) is 1. The van der Waals surface area contributed by atoms with E-state index >= 15 is 0 Å². The van der Waals surface area contributed by atoms with E-state index in [-0.39, 0.29) is 35.9 Å². The van der Waals surface area contributed by atoms with Gasteiger partial charge in [0.25, 0.3) is 0 Å². The Morgan fingerprint density at radius 3 is 2.04 bits per heavy atom. The molecule has 2 aromatic carbocycles. The first-order valence-corrected chi connectivity index (χ1v) is 8.60. The summed E-state index contributed by atoms with van der Waals surface area (Å²) in [4.78, 5) is 39.9. The molecule has 1 aliphatic carbocycles. The predicted octanol–water partition coefficient (Wildman–Crippen LogP) is 3.18. The summed E-state index contributed by atoms with van der Waals surface area (Å²) in [7, 11) is 0.